The summed E-state index contributed by atoms with van der Waals surface area (Å²) in [5, 5.41) is 9.70. The zero-order chi connectivity index (χ0) is 20.0. The number of hydrogen-bond donors (Lipinski definition) is 3. The smallest absolute Gasteiger partial charge is 0.244 e. The number of hydrogen-bond acceptors (Lipinski definition) is 4. The largest absolute Gasteiger partial charge is 0.366 e. The Hall–Kier alpha value is -3.42. The Labute approximate surface area is 157 Å². The highest BCUT2D eigenvalue weighted by molar-refractivity contribution is 6.03. The lowest BCUT2D eigenvalue weighted by Gasteiger charge is -2.17. The summed E-state index contributed by atoms with van der Waals surface area (Å²) < 4.78 is 1.61. The number of aromatic nitrogens is 2. The molecule has 8 heteroatoms. The topological polar surface area (TPSA) is 119 Å². The Morgan fingerprint density at radius 2 is 1.74 bits per heavy atom. The maximum absolute atomic E-state index is 12.7. The summed E-state index contributed by atoms with van der Waals surface area (Å²) in [7, 11) is 1.76. The predicted molar refractivity (Wildman–Crippen MR) is 103 cm³/mol. The number of benzene rings is 1. The van der Waals surface area contributed by atoms with Crippen molar-refractivity contribution in [1.82, 2.24) is 9.78 Å². The van der Waals surface area contributed by atoms with Crippen LogP contribution in [0.25, 0.3) is 0 Å². The molecule has 0 fully saturated rings. The lowest BCUT2D eigenvalue weighted by molar-refractivity contribution is -0.122. The molecule has 1 aromatic heterocycles. The van der Waals surface area contributed by atoms with Gasteiger partial charge in [-0.25, -0.2) is 0 Å². The number of primary amides is 1. The number of nitrogens with one attached hydrogen (secondary N) is 2. The summed E-state index contributed by atoms with van der Waals surface area (Å²) in [6.45, 7) is 5.42. The molecule has 3 amide bonds. The highest BCUT2D eigenvalue weighted by Gasteiger charge is 2.26. The van der Waals surface area contributed by atoms with Crippen molar-refractivity contribution >= 4 is 29.1 Å². The molecule has 1 aromatic carbocycles. The van der Waals surface area contributed by atoms with Crippen molar-refractivity contribution in [1.29, 1.82) is 0 Å². The van der Waals surface area contributed by atoms with Gasteiger partial charge in [0.15, 0.2) is 0 Å². The van der Waals surface area contributed by atoms with Crippen LogP contribution in [0.15, 0.2) is 48.7 Å². The van der Waals surface area contributed by atoms with Crippen LogP contribution in [-0.4, -0.2) is 27.5 Å². The lowest BCUT2D eigenvalue weighted by atomic mass is 9.93. The van der Waals surface area contributed by atoms with Crippen molar-refractivity contribution in [2.24, 2.45) is 18.7 Å². The average molecular weight is 369 g/mol. The Balaban J connectivity index is 2.11. The molecular formula is C19H23N5O3. The summed E-state index contributed by atoms with van der Waals surface area (Å²) in [6, 6.07) is 8.45. The maximum Gasteiger partial charge on any atom is 0.244 e. The van der Waals surface area contributed by atoms with Gasteiger partial charge in [0.2, 0.25) is 17.7 Å². The Morgan fingerprint density at radius 1 is 1.15 bits per heavy atom. The van der Waals surface area contributed by atoms with E-state index < -0.39 is 17.7 Å². The summed E-state index contributed by atoms with van der Waals surface area (Å²) in [5.41, 5.74) is 7.15. The first-order valence-corrected chi connectivity index (χ1v) is 8.48. The van der Waals surface area contributed by atoms with Crippen molar-refractivity contribution in [3.63, 3.8) is 0 Å². The molecule has 2 aromatic rings. The summed E-state index contributed by atoms with van der Waals surface area (Å²) in [6.07, 6.45) is 2.34. The van der Waals surface area contributed by atoms with E-state index in [1.165, 1.54) is 0 Å². The van der Waals surface area contributed by atoms with Crippen molar-refractivity contribution in [2.45, 2.75) is 19.8 Å². The number of amides is 3. The minimum absolute atomic E-state index is 0.0185. The molecule has 27 heavy (non-hydrogen) atoms. The first-order chi connectivity index (χ1) is 12.8. The zero-order valence-electron chi connectivity index (χ0n) is 15.4. The monoisotopic (exact) mass is 369 g/mol. The van der Waals surface area contributed by atoms with Gasteiger partial charge in [-0.2, -0.15) is 5.10 Å². The van der Waals surface area contributed by atoms with Gasteiger partial charge in [0.25, 0.3) is 0 Å². The average Bonchev–Trinajstić information content (AvgIpc) is 3.05. The molecule has 0 aliphatic carbocycles. The SMILES string of the molecule is C=C(C(N)=O)[C@H](Cc1ccn(C)n1)C(=O)Nc1ccc(NC(=O)CC)cc1. The van der Waals surface area contributed by atoms with Gasteiger partial charge >= 0.3 is 0 Å². The van der Waals surface area contributed by atoms with E-state index in [1.54, 1.807) is 55.2 Å². The second-order valence-electron chi connectivity index (χ2n) is 6.10. The van der Waals surface area contributed by atoms with Gasteiger partial charge in [0.05, 0.1) is 11.6 Å². The molecule has 0 saturated heterocycles. The molecule has 142 valence electrons. The molecule has 0 spiro atoms. The van der Waals surface area contributed by atoms with Crippen LogP contribution in [0.2, 0.25) is 0 Å². The second-order valence-corrected chi connectivity index (χ2v) is 6.10. The van der Waals surface area contributed by atoms with E-state index in [4.69, 9.17) is 5.73 Å². The first-order valence-electron chi connectivity index (χ1n) is 8.48. The van der Waals surface area contributed by atoms with Crippen molar-refractivity contribution in [3.8, 4) is 0 Å². The van der Waals surface area contributed by atoms with Gasteiger partial charge in [-0.15, -0.1) is 0 Å². The summed E-state index contributed by atoms with van der Waals surface area (Å²) in [5.74, 6) is -2.07. The summed E-state index contributed by atoms with van der Waals surface area (Å²) in [4.78, 5) is 35.6. The molecule has 4 N–H and O–H groups in total. The van der Waals surface area contributed by atoms with E-state index in [0.717, 1.165) is 0 Å². The number of carbonyl (C=O) groups is 3. The number of nitrogens with zero attached hydrogens (tertiary/aromatic N) is 2. The van der Waals surface area contributed by atoms with Crippen LogP contribution in [0.1, 0.15) is 19.0 Å². The molecule has 0 radical (unpaired) electrons. The maximum atomic E-state index is 12.7. The van der Waals surface area contributed by atoms with Crippen LogP contribution in [0, 0.1) is 5.92 Å². The minimum atomic E-state index is -0.836. The van der Waals surface area contributed by atoms with E-state index in [-0.39, 0.29) is 17.9 Å². The minimum Gasteiger partial charge on any atom is -0.366 e. The molecule has 0 aliphatic heterocycles. The number of carbonyl (C=O) groups excluding carboxylic acids is 3. The van der Waals surface area contributed by atoms with Crippen molar-refractivity contribution in [2.75, 3.05) is 10.6 Å². The fourth-order valence-electron chi connectivity index (χ4n) is 2.44. The van der Waals surface area contributed by atoms with Gasteiger partial charge in [-0.05, 0) is 30.3 Å². The van der Waals surface area contributed by atoms with E-state index in [0.29, 0.717) is 23.5 Å². The van der Waals surface area contributed by atoms with E-state index in [1.807, 2.05) is 0 Å². The van der Waals surface area contributed by atoms with Gasteiger partial charge in [-0.1, -0.05) is 13.5 Å². The van der Waals surface area contributed by atoms with Crippen LogP contribution in [-0.2, 0) is 27.9 Å². The predicted octanol–water partition coefficient (Wildman–Crippen LogP) is 1.61. The highest BCUT2D eigenvalue weighted by Crippen LogP contribution is 2.19. The third kappa shape index (κ3) is 5.53. The highest BCUT2D eigenvalue weighted by atomic mass is 16.2. The molecule has 1 atom stereocenters. The normalized spacial score (nSPS) is 11.5. The van der Waals surface area contributed by atoms with Crippen LogP contribution < -0.4 is 16.4 Å². The molecular weight excluding hydrogens is 346 g/mol. The van der Waals surface area contributed by atoms with Gasteiger partial charge in [-0.3, -0.25) is 19.1 Å². The van der Waals surface area contributed by atoms with Gasteiger partial charge < -0.3 is 16.4 Å². The molecule has 0 unspecified atom stereocenters. The van der Waals surface area contributed by atoms with E-state index >= 15 is 0 Å². The van der Waals surface area contributed by atoms with Crippen LogP contribution in [0.3, 0.4) is 0 Å². The second kappa shape index (κ2) is 8.79. The Kier molecular flexibility index (Phi) is 6.48. The quantitative estimate of drug-likeness (QED) is 0.612. The number of nitrogens with two attached hydrogens (primary N) is 1. The zero-order valence-corrected chi connectivity index (χ0v) is 15.4. The van der Waals surface area contributed by atoms with E-state index in [9.17, 15) is 14.4 Å². The standard InChI is InChI=1S/C19H23N5O3/c1-4-17(25)21-13-5-7-14(8-6-13)22-19(27)16(12(2)18(20)26)11-15-9-10-24(3)23-15/h5-10,16H,2,4,11H2,1,3H3,(H2,20,26)(H,21,25)(H,22,27)/t16-/m0/s1. The van der Waals surface area contributed by atoms with Crippen LogP contribution in [0.5, 0.6) is 0 Å². The molecule has 8 nitrogen and oxygen atoms in total. The van der Waals surface area contributed by atoms with Gasteiger partial charge in [0, 0.05) is 43.0 Å². The summed E-state index contributed by atoms with van der Waals surface area (Å²) >= 11 is 0. The Morgan fingerprint density at radius 3 is 2.22 bits per heavy atom. The third-order valence-electron chi connectivity index (χ3n) is 3.99. The van der Waals surface area contributed by atoms with Gasteiger partial charge in [0.1, 0.15) is 0 Å². The van der Waals surface area contributed by atoms with Crippen LogP contribution >= 0.6 is 0 Å². The molecule has 0 bridgehead atoms. The first kappa shape index (κ1) is 19.9. The molecule has 2 rings (SSSR count). The van der Waals surface area contributed by atoms with E-state index in [2.05, 4.69) is 22.3 Å². The molecule has 1 heterocycles. The molecule has 0 saturated carbocycles. The Bertz CT molecular complexity index is 854. The fraction of sp³-hybridized carbons (Fsp3) is 0.263. The van der Waals surface area contributed by atoms with Crippen LogP contribution in [0.4, 0.5) is 11.4 Å². The fourth-order valence-corrected chi connectivity index (χ4v) is 2.44. The van der Waals surface area contributed by atoms with Crippen molar-refractivity contribution in [3.05, 3.63) is 54.4 Å². The number of aryl methyl sites for hydroxylation is 1. The molecule has 0 aliphatic rings. The number of anilines is 2. The number of rotatable bonds is 8. The van der Waals surface area contributed by atoms with Crippen molar-refractivity contribution < 1.29 is 14.4 Å². The third-order valence-corrected chi connectivity index (χ3v) is 3.99. The lowest BCUT2D eigenvalue weighted by Crippen LogP contribution is -2.31.